The zero-order valence-electron chi connectivity index (χ0n) is 29.0. The van der Waals surface area contributed by atoms with Gasteiger partial charge in [-0.2, -0.15) is 8.42 Å². The molecule has 0 aromatic heterocycles. The third kappa shape index (κ3) is 8.28. The minimum absolute atomic E-state index is 0.144. The molecule has 0 amide bonds. The van der Waals surface area contributed by atoms with E-state index in [2.05, 4.69) is 31.4 Å². The fraction of sp³-hybridized carbons (Fsp3) is 1.00. The van der Waals surface area contributed by atoms with Crippen molar-refractivity contribution < 1.29 is 27.4 Å². The number of aliphatic hydroxyl groups is 2. The van der Waals surface area contributed by atoms with Gasteiger partial charge in [0.1, 0.15) is 5.60 Å². The molecule has 0 saturated heterocycles. The molecular formula is C35H67N3O6S. The summed E-state index contributed by atoms with van der Waals surface area (Å²) >= 11 is 0. The van der Waals surface area contributed by atoms with Crippen LogP contribution in [0.15, 0.2) is 0 Å². The van der Waals surface area contributed by atoms with Gasteiger partial charge in [0.2, 0.25) is 0 Å². The summed E-state index contributed by atoms with van der Waals surface area (Å²) in [6, 6.07) is 0.552. The zero-order chi connectivity index (χ0) is 33.0. The Balaban J connectivity index is 1.35. The minimum Gasteiger partial charge on any atom is -0.393 e. The van der Waals surface area contributed by atoms with Gasteiger partial charge in [0.05, 0.1) is 12.7 Å². The first kappa shape index (κ1) is 37.5. The van der Waals surface area contributed by atoms with E-state index in [9.17, 15) is 23.2 Å². The highest BCUT2D eigenvalue weighted by molar-refractivity contribution is 7.80. The minimum atomic E-state index is -4.68. The summed E-state index contributed by atoms with van der Waals surface area (Å²) in [6.45, 7) is 14.4. The molecule has 0 aliphatic heterocycles. The van der Waals surface area contributed by atoms with Crippen molar-refractivity contribution in [1.82, 2.24) is 10.6 Å². The summed E-state index contributed by atoms with van der Waals surface area (Å²) in [5.41, 5.74) is 4.70. The van der Waals surface area contributed by atoms with Crippen molar-refractivity contribution in [2.45, 2.75) is 136 Å². The highest BCUT2D eigenvalue weighted by Crippen LogP contribution is 2.68. The number of unbranched alkanes of at least 4 members (excludes halogenated alkanes) is 1. The monoisotopic (exact) mass is 657 g/mol. The molecular weight excluding hydrogens is 590 g/mol. The first-order chi connectivity index (χ1) is 21.2. The zero-order valence-corrected chi connectivity index (χ0v) is 29.8. The standard InChI is InChI=1S/C35H67N3O6S/c1-24(2)35(23-39,44-45(41,42)43)16-11-25(3)28-9-10-29-32-30(13-15-34(28,29)5)33(4)14-12-27(21-26(33)22-31(32)40)38-20-8-19-37-18-7-6-17-36/h24-32,37-40H,6-23,36H2,1-5H3,(H,41,42,43)/t25?,26-,27+,28-,29?,30?,31?,32?,33+,34-,35?/m1/s1. The van der Waals surface area contributed by atoms with Crippen molar-refractivity contribution in [2.24, 2.45) is 58.0 Å². The van der Waals surface area contributed by atoms with Crippen molar-refractivity contribution in [2.75, 3.05) is 32.8 Å². The molecule has 4 saturated carbocycles. The molecule has 0 aromatic rings. The van der Waals surface area contributed by atoms with E-state index < -0.39 is 22.6 Å². The average Bonchev–Trinajstić information content (AvgIpc) is 3.33. The van der Waals surface area contributed by atoms with Gasteiger partial charge in [-0.25, -0.2) is 4.18 Å². The van der Waals surface area contributed by atoms with Crippen molar-refractivity contribution >= 4 is 10.4 Å². The molecule has 0 radical (unpaired) electrons. The second-order valence-electron chi connectivity index (χ2n) is 16.5. The summed E-state index contributed by atoms with van der Waals surface area (Å²) < 4.78 is 37.9. The van der Waals surface area contributed by atoms with Gasteiger partial charge in [-0.1, -0.05) is 34.6 Å². The van der Waals surface area contributed by atoms with E-state index in [1.165, 1.54) is 32.1 Å². The highest BCUT2D eigenvalue weighted by atomic mass is 32.3. The number of rotatable bonds is 17. The van der Waals surface area contributed by atoms with Crippen LogP contribution in [0.2, 0.25) is 0 Å². The van der Waals surface area contributed by atoms with Gasteiger partial charge in [-0.3, -0.25) is 4.55 Å². The van der Waals surface area contributed by atoms with Crippen LogP contribution in [-0.2, 0) is 14.6 Å². The summed E-state index contributed by atoms with van der Waals surface area (Å²) in [4.78, 5) is 0. The Labute approximate surface area is 274 Å². The van der Waals surface area contributed by atoms with Gasteiger partial charge in [0.15, 0.2) is 0 Å². The van der Waals surface area contributed by atoms with Crippen molar-refractivity contribution in [1.29, 1.82) is 0 Å². The van der Waals surface area contributed by atoms with Gasteiger partial charge in [-0.05, 0) is 162 Å². The van der Waals surface area contributed by atoms with E-state index in [0.717, 1.165) is 71.1 Å². The SMILES string of the molecule is CC(CCC(CO)(OS(=O)(=O)O)C(C)C)[C@H]1CCC2C3C(O)C[C@H]4C[C@@H](NCCCNCCCCN)CC[C@]4(C)C3CC[C@@]21C. The van der Waals surface area contributed by atoms with Gasteiger partial charge in [0, 0.05) is 6.04 Å². The topological polar surface area (TPSA) is 154 Å². The molecule has 6 unspecified atom stereocenters. The second kappa shape index (κ2) is 15.5. The fourth-order valence-electron chi connectivity index (χ4n) is 11.0. The highest BCUT2D eigenvalue weighted by Gasteiger charge is 2.63. The summed E-state index contributed by atoms with van der Waals surface area (Å²) in [7, 11) is -4.68. The summed E-state index contributed by atoms with van der Waals surface area (Å²) in [5, 5.41) is 29.4. The Morgan fingerprint density at radius 2 is 1.64 bits per heavy atom. The molecule has 0 aromatic carbocycles. The molecule has 11 atom stereocenters. The van der Waals surface area contributed by atoms with Crippen LogP contribution >= 0.6 is 0 Å². The average molecular weight is 658 g/mol. The smallest absolute Gasteiger partial charge is 0.393 e. The van der Waals surface area contributed by atoms with E-state index in [0.29, 0.717) is 53.4 Å². The molecule has 9 nitrogen and oxygen atoms in total. The lowest BCUT2D eigenvalue weighted by Gasteiger charge is -2.62. The first-order valence-electron chi connectivity index (χ1n) is 18.3. The number of hydrogen-bond donors (Lipinski definition) is 6. The number of nitrogens with two attached hydrogens (primary N) is 1. The van der Waals surface area contributed by atoms with Crippen LogP contribution in [0.4, 0.5) is 0 Å². The normalized spacial score (nSPS) is 38.8. The Hall–Kier alpha value is -0.330. The molecule has 0 spiro atoms. The maximum Gasteiger partial charge on any atom is 0.397 e. The molecule has 10 heteroatoms. The molecule has 4 fully saturated rings. The third-order valence-corrected chi connectivity index (χ3v) is 14.4. The molecule has 45 heavy (non-hydrogen) atoms. The Morgan fingerprint density at radius 3 is 2.31 bits per heavy atom. The molecule has 4 aliphatic carbocycles. The van der Waals surface area contributed by atoms with Crippen LogP contribution in [0.1, 0.15) is 118 Å². The quantitative estimate of drug-likeness (QED) is 0.0946. The Kier molecular flexibility index (Phi) is 12.9. The predicted molar refractivity (Wildman–Crippen MR) is 180 cm³/mol. The van der Waals surface area contributed by atoms with E-state index in [-0.39, 0.29) is 17.4 Å². The van der Waals surface area contributed by atoms with Crippen LogP contribution in [0.25, 0.3) is 0 Å². The van der Waals surface area contributed by atoms with Gasteiger partial charge in [0.25, 0.3) is 0 Å². The largest absolute Gasteiger partial charge is 0.397 e. The maximum atomic E-state index is 11.8. The first-order valence-corrected chi connectivity index (χ1v) is 19.7. The van der Waals surface area contributed by atoms with Gasteiger partial charge < -0.3 is 26.6 Å². The Morgan fingerprint density at radius 1 is 0.956 bits per heavy atom. The van der Waals surface area contributed by atoms with Crippen molar-refractivity contribution in [3.8, 4) is 0 Å². The lowest BCUT2D eigenvalue weighted by molar-refractivity contribution is -0.167. The molecule has 0 heterocycles. The van der Waals surface area contributed by atoms with Crippen LogP contribution < -0.4 is 16.4 Å². The van der Waals surface area contributed by atoms with Gasteiger partial charge in [-0.15, -0.1) is 0 Å². The molecule has 264 valence electrons. The number of hydrogen-bond acceptors (Lipinski definition) is 8. The number of nitrogens with one attached hydrogen (secondary N) is 2. The van der Waals surface area contributed by atoms with Crippen molar-refractivity contribution in [3.05, 3.63) is 0 Å². The van der Waals surface area contributed by atoms with Crippen LogP contribution in [-0.4, -0.2) is 73.7 Å². The summed E-state index contributed by atoms with van der Waals surface area (Å²) in [6.07, 6.45) is 13.4. The second-order valence-corrected chi connectivity index (χ2v) is 17.5. The van der Waals surface area contributed by atoms with E-state index in [1.54, 1.807) is 0 Å². The predicted octanol–water partition coefficient (Wildman–Crippen LogP) is 4.92. The lowest BCUT2D eigenvalue weighted by atomic mass is 9.43. The number of aliphatic hydroxyl groups excluding tert-OH is 2. The van der Waals surface area contributed by atoms with E-state index in [1.807, 2.05) is 13.8 Å². The summed E-state index contributed by atoms with van der Waals surface area (Å²) in [5.74, 6) is 2.52. The van der Waals surface area contributed by atoms with E-state index in [4.69, 9.17) is 9.92 Å². The maximum absolute atomic E-state index is 11.8. The third-order valence-electron chi connectivity index (χ3n) is 13.8. The molecule has 4 aliphatic rings. The van der Waals surface area contributed by atoms with Gasteiger partial charge >= 0.3 is 10.4 Å². The van der Waals surface area contributed by atoms with E-state index >= 15 is 0 Å². The van der Waals surface area contributed by atoms with Crippen molar-refractivity contribution in [3.63, 3.8) is 0 Å². The molecule has 0 bridgehead atoms. The molecule has 7 N–H and O–H groups in total. The van der Waals surface area contributed by atoms with Crippen LogP contribution in [0.3, 0.4) is 0 Å². The van der Waals surface area contributed by atoms with Crippen LogP contribution in [0, 0.1) is 52.3 Å². The number of fused-ring (bicyclic) bond motifs is 5. The fourth-order valence-corrected chi connectivity index (χ4v) is 11.8. The van der Waals surface area contributed by atoms with Crippen LogP contribution in [0.5, 0.6) is 0 Å². The lowest BCUT2D eigenvalue weighted by Crippen LogP contribution is -2.59. The molecule has 4 rings (SSSR count). The Bertz CT molecular complexity index is 1050.